The van der Waals surface area contributed by atoms with Crippen LogP contribution in [0.1, 0.15) is 17.3 Å². The fourth-order valence-electron chi connectivity index (χ4n) is 1.07. The molecule has 0 fully saturated rings. The van der Waals surface area contributed by atoms with Crippen LogP contribution >= 0.6 is 0 Å². The number of pyridine rings is 1. The number of aromatic carboxylic acids is 1. The molecule has 0 unspecified atom stereocenters. The van der Waals surface area contributed by atoms with E-state index in [0.29, 0.717) is 0 Å². The molecule has 0 aliphatic heterocycles. The summed E-state index contributed by atoms with van der Waals surface area (Å²) in [5, 5.41) is 8.71. The zero-order valence-corrected chi connectivity index (χ0v) is 9.32. The molecule has 1 N–H and O–H groups in total. The van der Waals surface area contributed by atoms with E-state index in [1.54, 1.807) is 6.92 Å². The first-order valence-corrected chi connectivity index (χ1v) is 4.89. The first-order valence-electron chi connectivity index (χ1n) is 4.89. The van der Waals surface area contributed by atoms with Crippen LogP contribution in [0, 0.1) is 0 Å². The SMILES string of the molecule is CCOc1cc(C(=O)O)cnc1OCC(F)(F)F. The normalized spacial score (nSPS) is 11.1. The number of halogens is 3. The van der Waals surface area contributed by atoms with Gasteiger partial charge < -0.3 is 14.6 Å². The zero-order chi connectivity index (χ0) is 13.8. The van der Waals surface area contributed by atoms with Crippen molar-refractivity contribution in [3.05, 3.63) is 17.8 Å². The third kappa shape index (κ3) is 4.11. The third-order valence-electron chi connectivity index (χ3n) is 1.74. The van der Waals surface area contributed by atoms with Crippen LogP contribution < -0.4 is 9.47 Å². The van der Waals surface area contributed by atoms with E-state index in [0.717, 1.165) is 12.3 Å². The molecule has 1 heterocycles. The van der Waals surface area contributed by atoms with Gasteiger partial charge in [-0.1, -0.05) is 0 Å². The van der Waals surface area contributed by atoms with Crippen molar-refractivity contribution in [3.63, 3.8) is 0 Å². The quantitative estimate of drug-likeness (QED) is 0.883. The summed E-state index contributed by atoms with van der Waals surface area (Å²) in [6.07, 6.45) is -3.60. The average molecular weight is 265 g/mol. The van der Waals surface area contributed by atoms with Gasteiger partial charge in [0.05, 0.1) is 12.2 Å². The highest BCUT2D eigenvalue weighted by Crippen LogP contribution is 2.27. The van der Waals surface area contributed by atoms with E-state index in [9.17, 15) is 18.0 Å². The topological polar surface area (TPSA) is 68.7 Å². The van der Waals surface area contributed by atoms with Gasteiger partial charge in [0.25, 0.3) is 5.88 Å². The van der Waals surface area contributed by atoms with Crippen LogP contribution in [0.5, 0.6) is 11.6 Å². The lowest BCUT2D eigenvalue weighted by molar-refractivity contribution is -0.154. The third-order valence-corrected chi connectivity index (χ3v) is 1.74. The number of rotatable bonds is 5. The van der Waals surface area contributed by atoms with Gasteiger partial charge in [-0.3, -0.25) is 0 Å². The van der Waals surface area contributed by atoms with Gasteiger partial charge in [0.2, 0.25) is 0 Å². The molecule has 0 saturated heterocycles. The van der Waals surface area contributed by atoms with Crippen molar-refractivity contribution in [2.75, 3.05) is 13.2 Å². The summed E-state index contributed by atoms with van der Waals surface area (Å²) in [7, 11) is 0. The van der Waals surface area contributed by atoms with Crippen LogP contribution in [0.25, 0.3) is 0 Å². The highest BCUT2D eigenvalue weighted by atomic mass is 19.4. The van der Waals surface area contributed by atoms with Gasteiger partial charge >= 0.3 is 12.1 Å². The van der Waals surface area contributed by atoms with Gasteiger partial charge in [0, 0.05) is 12.3 Å². The molecule has 0 spiro atoms. The van der Waals surface area contributed by atoms with E-state index in [4.69, 9.17) is 9.84 Å². The van der Waals surface area contributed by atoms with Crippen molar-refractivity contribution >= 4 is 5.97 Å². The van der Waals surface area contributed by atoms with Crippen molar-refractivity contribution in [1.82, 2.24) is 4.98 Å². The second-order valence-electron chi connectivity index (χ2n) is 3.17. The van der Waals surface area contributed by atoms with Gasteiger partial charge in [-0.05, 0) is 6.92 Å². The number of aromatic nitrogens is 1. The predicted octanol–water partition coefficient (Wildman–Crippen LogP) is 2.12. The molecule has 0 aliphatic rings. The number of alkyl halides is 3. The summed E-state index contributed by atoms with van der Waals surface area (Å²) in [5.41, 5.74) is -0.196. The number of carboxylic acids is 1. The summed E-state index contributed by atoms with van der Waals surface area (Å²) < 4.78 is 45.3. The van der Waals surface area contributed by atoms with Gasteiger partial charge in [0.1, 0.15) is 0 Å². The first-order chi connectivity index (χ1) is 8.33. The second kappa shape index (κ2) is 5.56. The van der Waals surface area contributed by atoms with Crippen molar-refractivity contribution in [2.45, 2.75) is 13.1 Å². The molecule has 18 heavy (non-hydrogen) atoms. The molecule has 0 saturated carbocycles. The molecule has 8 heteroatoms. The van der Waals surface area contributed by atoms with Crippen LogP contribution in [0.2, 0.25) is 0 Å². The van der Waals surface area contributed by atoms with E-state index in [1.807, 2.05) is 0 Å². The van der Waals surface area contributed by atoms with Crippen LogP contribution in [-0.4, -0.2) is 35.4 Å². The average Bonchev–Trinajstić information content (AvgIpc) is 2.26. The summed E-state index contributed by atoms with van der Waals surface area (Å²) in [6, 6.07) is 1.06. The zero-order valence-electron chi connectivity index (χ0n) is 9.32. The molecule has 1 aromatic rings. The highest BCUT2D eigenvalue weighted by Gasteiger charge is 2.29. The molecule has 0 bridgehead atoms. The minimum Gasteiger partial charge on any atom is -0.488 e. The number of hydrogen-bond acceptors (Lipinski definition) is 4. The Labute approximate surface area is 100 Å². The lowest BCUT2D eigenvalue weighted by Gasteiger charge is -2.12. The van der Waals surface area contributed by atoms with Crippen LogP contribution in [0.3, 0.4) is 0 Å². The largest absolute Gasteiger partial charge is 0.488 e. The first kappa shape index (κ1) is 14.1. The van der Waals surface area contributed by atoms with Gasteiger partial charge in [0.15, 0.2) is 12.4 Å². The van der Waals surface area contributed by atoms with Crippen LogP contribution in [0.4, 0.5) is 13.2 Å². The van der Waals surface area contributed by atoms with Crippen molar-refractivity contribution in [2.24, 2.45) is 0 Å². The molecular weight excluding hydrogens is 255 g/mol. The summed E-state index contributed by atoms with van der Waals surface area (Å²) in [4.78, 5) is 14.2. The fraction of sp³-hybridized carbons (Fsp3) is 0.400. The van der Waals surface area contributed by atoms with E-state index in [2.05, 4.69) is 9.72 Å². The Kier molecular flexibility index (Phi) is 4.35. The van der Waals surface area contributed by atoms with E-state index in [-0.39, 0.29) is 23.8 Å². The van der Waals surface area contributed by atoms with E-state index >= 15 is 0 Å². The minimum absolute atomic E-state index is 0.137. The highest BCUT2D eigenvalue weighted by molar-refractivity contribution is 5.87. The number of carboxylic acid groups (broad SMARTS) is 1. The Morgan fingerprint density at radius 3 is 2.61 bits per heavy atom. The Morgan fingerprint density at radius 2 is 2.11 bits per heavy atom. The van der Waals surface area contributed by atoms with E-state index in [1.165, 1.54) is 0 Å². The lowest BCUT2D eigenvalue weighted by atomic mass is 10.3. The number of nitrogens with zero attached hydrogens (tertiary/aromatic N) is 1. The van der Waals surface area contributed by atoms with Crippen molar-refractivity contribution in [1.29, 1.82) is 0 Å². The molecular formula is C10H10F3NO4. The Balaban J connectivity index is 2.92. The Hall–Kier alpha value is -1.99. The summed E-state index contributed by atoms with van der Waals surface area (Å²) in [5.74, 6) is -1.79. The van der Waals surface area contributed by atoms with Gasteiger partial charge in [-0.15, -0.1) is 0 Å². The second-order valence-corrected chi connectivity index (χ2v) is 3.17. The van der Waals surface area contributed by atoms with Gasteiger partial charge in [-0.25, -0.2) is 9.78 Å². The molecule has 0 atom stereocenters. The molecule has 0 aliphatic carbocycles. The standard InChI is InChI=1S/C10H10F3NO4/c1-2-17-7-3-6(9(15)16)4-14-8(7)18-5-10(11,12)13/h3-4H,2,5H2,1H3,(H,15,16). The van der Waals surface area contributed by atoms with E-state index < -0.39 is 18.8 Å². The Morgan fingerprint density at radius 1 is 1.44 bits per heavy atom. The fourth-order valence-corrected chi connectivity index (χ4v) is 1.07. The Bertz CT molecular complexity index is 434. The maximum Gasteiger partial charge on any atom is 0.422 e. The number of hydrogen-bond donors (Lipinski definition) is 1. The smallest absolute Gasteiger partial charge is 0.422 e. The van der Waals surface area contributed by atoms with Crippen LogP contribution in [0.15, 0.2) is 12.3 Å². The maximum absolute atomic E-state index is 12.0. The van der Waals surface area contributed by atoms with Crippen molar-refractivity contribution in [3.8, 4) is 11.6 Å². The molecule has 1 aromatic heterocycles. The molecule has 0 amide bonds. The van der Waals surface area contributed by atoms with Crippen LogP contribution in [-0.2, 0) is 0 Å². The lowest BCUT2D eigenvalue weighted by Crippen LogP contribution is -2.20. The monoisotopic (exact) mass is 265 g/mol. The number of ether oxygens (including phenoxy) is 2. The maximum atomic E-state index is 12.0. The van der Waals surface area contributed by atoms with Crippen molar-refractivity contribution < 1.29 is 32.5 Å². The summed E-state index contributed by atoms with van der Waals surface area (Å²) >= 11 is 0. The predicted molar refractivity (Wildman–Crippen MR) is 53.9 cm³/mol. The number of carbonyl (C=O) groups is 1. The molecule has 5 nitrogen and oxygen atoms in total. The molecule has 0 radical (unpaired) electrons. The minimum atomic E-state index is -4.50. The van der Waals surface area contributed by atoms with Gasteiger partial charge in [-0.2, -0.15) is 13.2 Å². The molecule has 0 aromatic carbocycles. The molecule has 100 valence electrons. The summed E-state index contributed by atoms with van der Waals surface area (Å²) in [6.45, 7) is 0.223. The molecule has 1 rings (SSSR count).